The smallest absolute Gasteiger partial charge is 0.242 e. The Kier molecular flexibility index (Phi) is 8.32. The highest BCUT2D eigenvalue weighted by Crippen LogP contribution is 2.18. The van der Waals surface area contributed by atoms with E-state index in [0.29, 0.717) is 25.1 Å². The highest BCUT2D eigenvalue weighted by molar-refractivity contribution is 5.85. The average Bonchev–Trinajstić information content (AvgIpc) is 3.23. The van der Waals surface area contributed by atoms with Crippen molar-refractivity contribution in [3.05, 3.63) is 83.4 Å². The van der Waals surface area contributed by atoms with Gasteiger partial charge in [-0.2, -0.15) is 5.10 Å². The summed E-state index contributed by atoms with van der Waals surface area (Å²) in [5.74, 6) is 0.106. The van der Waals surface area contributed by atoms with E-state index in [9.17, 15) is 14.0 Å². The molecule has 0 saturated carbocycles. The van der Waals surface area contributed by atoms with E-state index in [0.717, 1.165) is 16.9 Å². The fourth-order valence-corrected chi connectivity index (χ4v) is 4.21. The molecule has 0 bridgehead atoms. The van der Waals surface area contributed by atoms with Crippen molar-refractivity contribution in [1.82, 2.24) is 19.6 Å². The average molecular weight is 495 g/mol. The van der Waals surface area contributed by atoms with Gasteiger partial charge in [0.25, 0.3) is 0 Å². The number of carbonyl (C=O) groups excluding carboxylic acids is 2. The molecule has 3 aromatic rings. The molecule has 1 saturated heterocycles. The number of carbonyl (C=O) groups is 2. The zero-order chi connectivity index (χ0) is 25.5. The van der Waals surface area contributed by atoms with Gasteiger partial charge in [-0.3, -0.25) is 14.3 Å². The highest BCUT2D eigenvalue weighted by atomic mass is 19.1. The number of hydrogen-bond donors (Lipinski definition) is 0. The molecule has 2 heterocycles. The molecule has 0 radical (unpaired) electrons. The summed E-state index contributed by atoms with van der Waals surface area (Å²) in [7, 11) is 3.43. The number of ether oxygens (including phenoxy) is 2. The van der Waals surface area contributed by atoms with Gasteiger partial charge in [-0.1, -0.05) is 30.3 Å². The fourth-order valence-electron chi connectivity index (χ4n) is 4.21. The Bertz CT molecular complexity index is 1180. The van der Waals surface area contributed by atoms with E-state index in [2.05, 4.69) is 5.10 Å². The second kappa shape index (κ2) is 11.8. The number of amides is 2. The van der Waals surface area contributed by atoms with Crippen molar-refractivity contribution < 1.29 is 23.5 Å². The SMILES string of the molecule is COc1ccc(CN2CC(OCc3ccccc3F)CN(C(=O)CCc3cnn(C)c3)CC2=O)cc1. The van der Waals surface area contributed by atoms with E-state index in [4.69, 9.17) is 9.47 Å². The summed E-state index contributed by atoms with van der Waals surface area (Å²) in [4.78, 5) is 29.5. The third kappa shape index (κ3) is 6.69. The number of rotatable bonds is 9. The van der Waals surface area contributed by atoms with Gasteiger partial charge in [0.15, 0.2) is 0 Å². The maximum atomic E-state index is 14.2. The summed E-state index contributed by atoms with van der Waals surface area (Å²) in [6.07, 6.45) is 3.94. The molecule has 36 heavy (non-hydrogen) atoms. The molecule has 4 rings (SSSR count). The molecule has 1 atom stereocenters. The van der Waals surface area contributed by atoms with Crippen LogP contribution in [-0.4, -0.2) is 64.2 Å². The van der Waals surface area contributed by atoms with Gasteiger partial charge in [-0.25, -0.2) is 4.39 Å². The zero-order valence-electron chi connectivity index (χ0n) is 20.6. The minimum atomic E-state index is -0.461. The molecule has 190 valence electrons. The molecule has 0 aliphatic carbocycles. The quantitative estimate of drug-likeness (QED) is 0.457. The van der Waals surface area contributed by atoms with Crippen molar-refractivity contribution in [2.75, 3.05) is 26.7 Å². The number of hydrogen-bond acceptors (Lipinski definition) is 5. The van der Waals surface area contributed by atoms with Crippen LogP contribution in [0.5, 0.6) is 5.75 Å². The van der Waals surface area contributed by atoms with Gasteiger partial charge >= 0.3 is 0 Å². The first-order valence-electron chi connectivity index (χ1n) is 11.9. The van der Waals surface area contributed by atoms with Crippen molar-refractivity contribution in [2.24, 2.45) is 7.05 Å². The predicted octanol–water partition coefficient (Wildman–Crippen LogP) is 2.96. The largest absolute Gasteiger partial charge is 0.497 e. The summed E-state index contributed by atoms with van der Waals surface area (Å²) >= 11 is 0. The van der Waals surface area contributed by atoms with Crippen LogP contribution < -0.4 is 4.74 Å². The molecule has 1 fully saturated rings. The first-order chi connectivity index (χ1) is 17.4. The molecule has 0 N–H and O–H groups in total. The maximum absolute atomic E-state index is 14.2. The Morgan fingerprint density at radius 2 is 1.89 bits per heavy atom. The number of nitrogens with zero attached hydrogens (tertiary/aromatic N) is 4. The van der Waals surface area contributed by atoms with Gasteiger partial charge in [0.2, 0.25) is 11.8 Å². The lowest BCUT2D eigenvalue weighted by Crippen LogP contribution is -2.39. The maximum Gasteiger partial charge on any atom is 0.242 e. The van der Waals surface area contributed by atoms with E-state index in [-0.39, 0.29) is 43.7 Å². The van der Waals surface area contributed by atoms with Crippen LogP contribution in [0.1, 0.15) is 23.1 Å². The van der Waals surface area contributed by atoms with Crippen LogP contribution in [0.4, 0.5) is 4.39 Å². The van der Waals surface area contributed by atoms with E-state index < -0.39 is 6.10 Å². The number of benzene rings is 2. The van der Waals surface area contributed by atoms with Gasteiger partial charge in [-0.15, -0.1) is 0 Å². The van der Waals surface area contributed by atoms with Gasteiger partial charge < -0.3 is 19.3 Å². The molecule has 1 aliphatic rings. The van der Waals surface area contributed by atoms with Crippen LogP contribution in [0.15, 0.2) is 60.9 Å². The third-order valence-corrected chi connectivity index (χ3v) is 6.23. The van der Waals surface area contributed by atoms with Crippen LogP contribution in [0.3, 0.4) is 0 Å². The molecule has 1 aromatic heterocycles. The van der Waals surface area contributed by atoms with E-state index in [1.165, 1.54) is 6.07 Å². The monoisotopic (exact) mass is 494 g/mol. The molecule has 0 spiro atoms. The van der Waals surface area contributed by atoms with Crippen LogP contribution in [0.25, 0.3) is 0 Å². The summed E-state index contributed by atoms with van der Waals surface area (Å²) < 4.78 is 27.1. The van der Waals surface area contributed by atoms with Crippen molar-refractivity contribution in [3.8, 4) is 5.75 Å². The first kappa shape index (κ1) is 25.4. The summed E-state index contributed by atoms with van der Waals surface area (Å²) in [5.41, 5.74) is 2.33. The van der Waals surface area contributed by atoms with Crippen molar-refractivity contribution >= 4 is 11.8 Å². The minimum absolute atomic E-state index is 0.0262. The topological polar surface area (TPSA) is 76.9 Å². The lowest BCUT2D eigenvalue weighted by molar-refractivity contribution is -0.139. The molecular weight excluding hydrogens is 463 g/mol. The molecule has 2 aromatic carbocycles. The van der Waals surface area contributed by atoms with Crippen molar-refractivity contribution in [3.63, 3.8) is 0 Å². The number of aromatic nitrogens is 2. The number of halogens is 1. The molecule has 1 aliphatic heterocycles. The number of aryl methyl sites for hydroxylation is 2. The number of methoxy groups -OCH3 is 1. The first-order valence-corrected chi connectivity index (χ1v) is 11.9. The normalized spacial score (nSPS) is 16.2. The van der Waals surface area contributed by atoms with Gasteiger partial charge in [0, 0.05) is 44.9 Å². The fraction of sp³-hybridized carbons (Fsp3) is 0.370. The van der Waals surface area contributed by atoms with E-state index >= 15 is 0 Å². The predicted molar refractivity (Wildman–Crippen MR) is 131 cm³/mol. The Morgan fingerprint density at radius 3 is 2.58 bits per heavy atom. The van der Waals surface area contributed by atoms with Crippen molar-refractivity contribution in [1.29, 1.82) is 0 Å². The Morgan fingerprint density at radius 1 is 1.11 bits per heavy atom. The van der Waals surface area contributed by atoms with Crippen LogP contribution >= 0.6 is 0 Å². The second-order valence-electron chi connectivity index (χ2n) is 8.94. The Hall–Kier alpha value is -3.72. The zero-order valence-corrected chi connectivity index (χ0v) is 20.6. The van der Waals surface area contributed by atoms with Crippen LogP contribution in [0, 0.1) is 5.82 Å². The van der Waals surface area contributed by atoms with Gasteiger partial charge in [0.1, 0.15) is 11.6 Å². The van der Waals surface area contributed by atoms with Gasteiger partial charge in [-0.05, 0) is 35.7 Å². The van der Waals surface area contributed by atoms with Crippen LogP contribution in [0.2, 0.25) is 0 Å². The minimum Gasteiger partial charge on any atom is -0.497 e. The molecule has 9 heteroatoms. The molecule has 2 amide bonds. The summed E-state index contributed by atoms with van der Waals surface area (Å²) in [5, 5.41) is 4.14. The highest BCUT2D eigenvalue weighted by Gasteiger charge is 2.31. The molecular formula is C27H31FN4O4. The second-order valence-corrected chi connectivity index (χ2v) is 8.94. The van der Waals surface area contributed by atoms with E-state index in [1.807, 2.05) is 37.5 Å². The lowest BCUT2D eigenvalue weighted by atomic mass is 10.2. The van der Waals surface area contributed by atoms with Gasteiger partial charge in [0.05, 0.1) is 32.6 Å². The Labute approximate surface area is 210 Å². The summed E-state index contributed by atoms with van der Waals surface area (Å²) in [6, 6.07) is 13.9. The third-order valence-electron chi connectivity index (χ3n) is 6.23. The Balaban J connectivity index is 1.47. The summed E-state index contributed by atoms with van der Waals surface area (Å²) in [6.45, 7) is 0.957. The molecule has 1 unspecified atom stereocenters. The molecule has 8 nitrogen and oxygen atoms in total. The van der Waals surface area contributed by atoms with Crippen molar-refractivity contribution in [2.45, 2.75) is 32.1 Å². The lowest BCUT2D eigenvalue weighted by Gasteiger charge is -2.25. The van der Waals surface area contributed by atoms with E-state index in [1.54, 1.807) is 46.0 Å². The standard InChI is InChI=1S/C27H31FN4O4/c1-30-14-21(13-29-30)9-12-26(33)32-17-24(36-19-22-5-3-4-6-25(22)28)16-31(27(34)18-32)15-20-7-10-23(35-2)11-8-20/h3-8,10-11,13-14,24H,9,12,15-19H2,1-2H3. The van der Waals surface area contributed by atoms with Crippen LogP contribution in [-0.2, 0) is 40.9 Å².